The van der Waals surface area contributed by atoms with Crippen LogP contribution in [-0.2, 0) is 19.7 Å². The molecule has 4 rings (SSSR count). The summed E-state index contributed by atoms with van der Waals surface area (Å²) in [5, 5.41) is 0. The summed E-state index contributed by atoms with van der Waals surface area (Å²) in [6.45, 7) is 4.00. The van der Waals surface area contributed by atoms with Crippen molar-refractivity contribution in [2.45, 2.75) is 31.6 Å². The van der Waals surface area contributed by atoms with E-state index in [0.29, 0.717) is 6.42 Å². The fourth-order valence-electron chi connectivity index (χ4n) is 5.02. The second kappa shape index (κ2) is 8.27. The topological polar surface area (TPSA) is 43.4 Å². The van der Waals surface area contributed by atoms with Crippen LogP contribution in [0.15, 0.2) is 84.9 Å². The molecule has 0 amide bonds. The quantitative estimate of drug-likeness (QED) is 0.422. The van der Waals surface area contributed by atoms with Gasteiger partial charge in [0, 0.05) is 17.3 Å². The molecule has 0 spiro atoms. The third kappa shape index (κ3) is 3.24. The second-order valence-electron chi connectivity index (χ2n) is 7.93. The molecule has 0 N–H and O–H groups in total. The molecular formula is C27H26O3. The fraction of sp³-hybridized carbons (Fsp3) is 0.259. The van der Waals surface area contributed by atoms with Gasteiger partial charge in [-0.3, -0.25) is 4.79 Å². The lowest BCUT2D eigenvalue weighted by molar-refractivity contribution is -0.158. The normalized spacial score (nSPS) is 19.5. The molecule has 0 aliphatic heterocycles. The van der Waals surface area contributed by atoms with Crippen LogP contribution in [0, 0.1) is 12.8 Å². The van der Waals surface area contributed by atoms with Gasteiger partial charge < -0.3 is 4.74 Å². The molecule has 0 aromatic heterocycles. The largest absolute Gasteiger partial charge is 0.460 e. The lowest BCUT2D eigenvalue weighted by atomic mass is 9.45. The van der Waals surface area contributed by atoms with Gasteiger partial charge in [-0.1, -0.05) is 84.9 Å². The third-order valence-corrected chi connectivity index (χ3v) is 6.39. The number of hydrogen-bond acceptors (Lipinski definition) is 3. The molecule has 3 aromatic carbocycles. The molecule has 1 aliphatic rings. The van der Waals surface area contributed by atoms with Crippen LogP contribution in [0.1, 0.15) is 41.5 Å². The van der Waals surface area contributed by atoms with Gasteiger partial charge in [0.05, 0.1) is 6.61 Å². The van der Waals surface area contributed by atoms with Crippen molar-refractivity contribution in [1.82, 2.24) is 0 Å². The monoisotopic (exact) mass is 398 g/mol. The van der Waals surface area contributed by atoms with Crippen molar-refractivity contribution in [3.63, 3.8) is 0 Å². The highest BCUT2D eigenvalue weighted by molar-refractivity contribution is 6.35. The summed E-state index contributed by atoms with van der Waals surface area (Å²) < 4.78 is 5.07. The highest BCUT2D eigenvalue weighted by Gasteiger charge is 2.60. The Morgan fingerprint density at radius 2 is 1.40 bits per heavy atom. The van der Waals surface area contributed by atoms with E-state index in [-0.39, 0.29) is 17.9 Å². The average molecular weight is 399 g/mol. The van der Waals surface area contributed by atoms with Crippen LogP contribution in [-0.4, -0.2) is 18.4 Å². The zero-order chi connectivity index (χ0) is 21.1. The standard InChI is InChI=1S/C27H26O3/c1-3-30-26(29)25(28)23-18-27(20-13-6-4-7-14-20,21-15-8-5-9-16-21)24(23)22-17-11-10-12-19(22)2/h4-17,23-24H,3,18H2,1-2H3/t23-,24+/m1/s1. The van der Waals surface area contributed by atoms with Crippen molar-refractivity contribution in [3.8, 4) is 0 Å². The highest BCUT2D eigenvalue weighted by Crippen LogP contribution is 2.62. The molecular weight excluding hydrogens is 372 g/mol. The molecule has 2 atom stereocenters. The molecule has 0 heterocycles. The molecule has 3 nitrogen and oxygen atoms in total. The van der Waals surface area contributed by atoms with Crippen LogP contribution in [0.4, 0.5) is 0 Å². The number of carbonyl (C=O) groups is 2. The zero-order valence-corrected chi connectivity index (χ0v) is 17.4. The minimum atomic E-state index is -0.726. The Labute approximate surface area is 177 Å². The van der Waals surface area contributed by atoms with Crippen molar-refractivity contribution in [2.75, 3.05) is 6.61 Å². The maximum absolute atomic E-state index is 13.1. The van der Waals surface area contributed by atoms with Gasteiger partial charge in [0.2, 0.25) is 5.78 Å². The number of ether oxygens (including phenoxy) is 1. The van der Waals surface area contributed by atoms with Crippen LogP contribution < -0.4 is 0 Å². The first-order valence-corrected chi connectivity index (χ1v) is 10.5. The molecule has 0 radical (unpaired) electrons. The van der Waals surface area contributed by atoms with E-state index in [4.69, 9.17) is 4.74 Å². The molecule has 3 aromatic rings. The van der Waals surface area contributed by atoms with Crippen molar-refractivity contribution in [2.24, 2.45) is 5.92 Å². The van der Waals surface area contributed by atoms with Gasteiger partial charge >= 0.3 is 5.97 Å². The lowest BCUT2D eigenvalue weighted by Gasteiger charge is -2.56. The van der Waals surface area contributed by atoms with E-state index in [1.54, 1.807) is 6.92 Å². The summed E-state index contributed by atoms with van der Waals surface area (Å²) in [6, 6.07) is 28.8. The number of esters is 1. The first kappa shape index (κ1) is 20.1. The van der Waals surface area contributed by atoms with Crippen molar-refractivity contribution in [3.05, 3.63) is 107 Å². The van der Waals surface area contributed by atoms with Crippen molar-refractivity contribution >= 4 is 11.8 Å². The van der Waals surface area contributed by atoms with Crippen LogP contribution in [0.25, 0.3) is 0 Å². The molecule has 0 saturated heterocycles. The lowest BCUT2D eigenvalue weighted by Crippen LogP contribution is -2.55. The number of aryl methyl sites for hydroxylation is 1. The van der Waals surface area contributed by atoms with Crippen molar-refractivity contribution < 1.29 is 14.3 Å². The maximum atomic E-state index is 13.1. The van der Waals surface area contributed by atoms with Gasteiger partial charge in [-0.2, -0.15) is 0 Å². The molecule has 0 unspecified atom stereocenters. The molecule has 0 bridgehead atoms. The van der Waals surface area contributed by atoms with Gasteiger partial charge in [0.1, 0.15) is 0 Å². The second-order valence-corrected chi connectivity index (χ2v) is 7.93. The van der Waals surface area contributed by atoms with Gasteiger partial charge in [0.25, 0.3) is 0 Å². The highest BCUT2D eigenvalue weighted by atomic mass is 16.5. The molecule has 3 heteroatoms. The van der Waals surface area contributed by atoms with Gasteiger partial charge in [-0.05, 0) is 42.5 Å². The first-order valence-electron chi connectivity index (χ1n) is 10.5. The maximum Gasteiger partial charge on any atom is 0.374 e. The predicted octanol–water partition coefficient (Wildman–Crippen LogP) is 5.22. The summed E-state index contributed by atoms with van der Waals surface area (Å²) in [7, 11) is 0. The number of carbonyl (C=O) groups excluding carboxylic acids is 2. The Kier molecular flexibility index (Phi) is 5.54. The van der Waals surface area contributed by atoms with Gasteiger partial charge in [-0.25, -0.2) is 4.79 Å². The predicted molar refractivity (Wildman–Crippen MR) is 117 cm³/mol. The number of hydrogen-bond donors (Lipinski definition) is 0. The summed E-state index contributed by atoms with van der Waals surface area (Å²) in [5.41, 5.74) is 4.19. The minimum absolute atomic E-state index is 0.139. The van der Waals surface area contributed by atoms with E-state index < -0.39 is 17.7 Å². The summed E-state index contributed by atoms with van der Waals surface area (Å²) in [5.74, 6) is -1.70. The van der Waals surface area contributed by atoms with E-state index >= 15 is 0 Å². The van der Waals surface area contributed by atoms with Crippen LogP contribution in [0.5, 0.6) is 0 Å². The Morgan fingerprint density at radius 1 is 0.867 bits per heavy atom. The summed E-state index contributed by atoms with van der Waals surface area (Å²) in [4.78, 5) is 25.4. The summed E-state index contributed by atoms with van der Waals surface area (Å²) in [6.07, 6.45) is 0.581. The Hall–Kier alpha value is -3.20. The fourth-order valence-corrected chi connectivity index (χ4v) is 5.02. The van der Waals surface area contributed by atoms with Gasteiger partial charge in [0.15, 0.2) is 0 Å². The molecule has 1 saturated carbocycles. The molecule has 1 fully saturated rings. The van der Waals surface area contributed by atoms with E-state index in [9.17, 15) is 9.59 Å². The summed E-state index contributed by atoms with van der Waals surface area (Å²) >= 11 is 0. The Morgan fingerprint density at radius 3 is 1.93 bits per heavy atom. The number of rotatable bonds is 6. The number of ketones is 1. The Balaban J connectivity index is 1.90. The van der Waals surface area contributed by atoms with Gasteiger partial charge in [-0.15, -0.1) is 0 Å². The van der Waals surface area contributed by atoms with E-state index in [2.05, 4.69) is 43.3 Å². The van der Waals surface area contributed by atoms with Crippen LogP contribution in [0.3, 0.4) is 0 Å². The number of benzene rings is 3. The average Bonchev–Trinajstić information content (AvgIpc) is 2.76. The first-order chi connectivity index (χ1) is 14.6. The van der Waals surface area contributed by atoms with E-state index in [1.807, 2.05) is 48.5 Å². The van der Waals surface area contributed by atoms with Crippen LogP contribution in [0.2, 0.25) is 0 Å². The van der Waals surface area contributed by atoms with Crippen molar-refractivity contribution in [1.29, 1.82) is 0 Å². The van der Waals surface area contributed by atoms with E-state index in [1.165, 1.54) is 0 Å². The van der Waals surface area contributed by atoms with E-state index in [0.717, 1.165) is 22.3 Å². The molecule has 152 valence electrons. The van der Waals surface area contributed by atoms with Crippen LogP contribution >= 0.6 is 0 Å². The SMILES string of the molecule is CCOC(=O)C(=O)[C@@H]1CC(c2ccccc2)(c2ccccc2)[C@H]1c1ccccc1C. The third-order valence-electron chi connectivity index (χ3n) is 6.39. The smallest absolute Gasteiger partial charge is 0.374 e. The minimum Gasteiger partial charge on any atom is -0.460 e. The number of Topliss-reactive ketones (excluding diaryl/α,β-unsaturated/α-hetero) is 1. The Bertz CT molecular complexity index is 1000. The molecule has 30 heavy (non-hydrogen) atoms. The molecule has 1 aliphatic carbocycles. The zero-order valence-electron chi connectivity index (χ0n) is 17.4.